The number of halogens is 1. The fraction of sp³-hybridized carbons (Fsp3) is 0.273. The molecule has 16 heavy (non-hydrogen) atoms. The standard InChI is InChI=1S/C11H12ClNO3/c1-16-11(15)9(13)6-10(14)7-4-2-3-5-8(7)12/h2-5,9H,6,13H2,1H3. The Hall–Kier alpha value is -1.39. The number of rotatable bonds is 4. The summed E-state index contributed by atoms with van der Waals surface area (Å²) in [6.45, 7) is 0. The number of nitrogens with two attached hydrogens (primary N) is 1. The normalized spacial score (nSPS) is 11.9. The van der Waals surface area contributed by atoms with Crippen molar-refractivity contribution in [3.8, 4) is 0 Å². The van der Waals surface area contributed by atoms with Gasteiger partial charge in [0, 0.05) is 12.0 Å². The Kier molecular flexibility index (Phi) is 4.46. The molecule has 86 valence electrons. The van der Waals surface area contributed by atoms with Gasteiger partial charge in [0.05, 0.1) is 12.1 Å². The fourth-order valence-corrected chi connectivity index (χ4v) is 1.47. The predicted octanol–water partition coefficient (Wildman–Crippen LogP) is 1.41. The van der Waals surface area contributed by atoms with Crippen LogP contribution in [-0.2, 0) is 9.53 Å². The van der Waals surface area contributed by atoms with Crippen molar-refractivity contribution in [2.75, 3.05) is 7.11 Å². The lowest BCUT2D eigenvalue weighted by Gasteiger charge is -2.08. The van der Waals surface area contributed by atoms with Crippen molar-refractivity contribution in [1.82, 2.24) is 0 Å². The Labute approximate surface area is 98.3 Å². The lowest BCUT2D eigenvalue weighted by atomic mass is 10.0. The zero-order valence-corrected chi connectivity index (χ0v) is 9.53. The van der Waals surface area contributed by atoms with Crippen LogP contribution in [0.15, 0.2) is 24.3 Å². The molecule has 0 aromatic heterocycles. The van der Waals surface area contributed by atoms with Crippen LogP contribution in [0, 0.1) is 0 Å². The number of ketones is 1. The molecular formula is C11H12ClNO3. The van der Waals surface area contributed by atoms with E-state index in [1.54, 1.807) is 24.3 Å². The van der Waals surface area contributed by atoms with E-state index in [1.807, 2.05) is 0 Å². The highest BCUT2D eigenvalue weighted by atomic mass is 35.5. The molecule has 1 atom stereocenters. The van der Waals surface area contributed by atoms with Gasteiger partial charge in [-0.25, -0.2) is 0 Å². The van der Waals surface area contributed by atoms with E-state index in [-0.39, 0.29) is 12.2 Å². The highest BCUT2D eigenvalue weighted by Crippen LogP contribution is 2.17. The molecule has 0 saturated heterocycles. The van der Waals surface area contributed by atoms with Crippen molar-refractivity contribution < 1.29 is 14.3 Å². The number of Topliss-reactive ketones (excluding diaryl/α,β-unsaturated/α-hetero) is 1. The third-order valence-corrected chi connectivity index (χ3v) is 2.41. The average Bonchev–Trinajstić information content (AvgIpc) is 2.28. The first kappa shape index (κ1) is 12.7. The maximum atomic E-state index is 11.7. The number of methoxy groups -OCH3 is 1. The number of hydrogen-bond donors (Lipinski definition) is 1. The lowest BCUT2D eigenvalue weighted by molar-refractivity contribution is -0.142. The lowest BCUT2D eigenvalue weighted by Crippen LogP contribution is -2.33. The van der Waals surface area contributed by atoms with Crippen molar-refractivity contribution in [2.45, 2.75) is 12.5 Å². The Morgan fingerprint density at radius 3 is 2.62 bits per heavy atom. The number of carbonyl (C=O) groups excluding carboxylic acids is 2. The minimum Gasteiger partial charge on any atom is -0.468 e. The molecule has 0 aliphatic carbocycles. The maximum Gasteiger partial charge on any atom is 0.323 e. The van der Waals surface area contributed by atoms with Gasteiger partial charge in [-0.3, -0.25) is 9.59 Å². The quantitative estimate of drug-likeness (QED) is 0.639. The van der Waals surface area contributed by atoms with E-state index >= 15 is 0 Å². The molecule has 0 spiro atoms. The summed E-state index contributed by atoms with van der Waals surface area (Å²) in [5.74, 6) is -0.885. The van der Waals surface area contributed by atoms with Gasteiger partial charge in [-0.1, -0.05) is 23.7 Å². The first-order valence-corrected chi connectivity index (χ1v) is 5.05. The SMILES string of the molecule is COC(=O)C(N)CC(=O)c1ccccc1Cl. The van der Waals surface area contributed by atoms with Crippen molar-refractivity contribution in [2.24, 2.45) is 5.73 Å². The van der Waals surface area contributed by atoms with Crippen LogP contribution in [0.3, 0.4) is 0 Å². The van der Waals surface area contributed by atoms with Crippen LogP contribution in [0.25, 0.3) is 0 Å². The van der Waals surface area contributed by atoms with Crippen LogP contribution < -0.4 is 5.73 Å². The molecule has 2 N–H and O–H groups in total. The van der Waals surface area contributed by atoms with E-state index in [2.05, 4.69) is 4.74 Å². The molecule has 0 heterocycles. The minimum atomic E-state index is -0.950. The first-order chi connectivity index (χ1) is 7.56. The highest BCUT2D eigenvalue weighted by molar-refractivity contribution is 6.34. The summed E-state index contributed by atoms with van der Waals surface area (Å²) in [6, 6.07) is 5.67. The largest absolute Gasteiger partial charge is 0.468 e. The van der Waals surface area contributed by atoms with E-state index < -0.39 is 12.0 Å². The van der Waals surface area contributed by atoms with Crippen molar-refractivity contribution in [3.05, 3.63) is 34.9 Å². The Morgan fingerprint density at radius 1 is 1.44 bits per heavy atom. The highest BCUT2D eigenvalue weighted by Gasteiger charge is 2.20. The molecule has 4 nitrogen and oxygen atoms in total. The number of ether oxygens (including phenoxy) is 1. The smallest absolute Gasteiger partial charge is 0.323 e. The zero-order chi connectivity index (χ0) is 12.1. The van der Waals surface area contributed by atoms with Gasteiger partial charge >= 0.3 is 5.97 Å². The Bertz CT molecular complexity index is 406. The second-order valence-corrected chi connectivity index (χ2v) is 3.64. The molecule has 0 saturated carbocycles. The molecule has 0 fully saturated rings. The van der Waals surface area contributed by atoms with Crippen LogP contribution >= 0.6 is 11.6 Å². The van der Waals surface area contributed by atoms with Gasteiger partial charge in [-0.2, -0.15) is 0 Å². The summed E-state index contributed by atoms with van der Waals surface area (Å²) in [4.78, 5) is 22.8. The first-order valence-electron chi connectivity index (χ1n) is 4.67. The Balaban J connectivity index is 2.73. The minimum absolute atomic E-state index is 0.115. The van der Waals surface area contributed by atoms with Gasteiger partial charge in [0.25, 0.3) is 0 Å². The third-order valence-electron chi connectivity index (χ3n) is 2.08. The van der Waals surface area contributed by atoms with Crippen LogP contribution in [0.5, 0.6) is 0 Å². The van der Waals surface area contributed by atoms with Crippen LogP contribution in [0.4, 0.5) is 0 Å². The summed E-state index contributed by atoms with van der Waals surface area (Å²) in [6.07, 6.45) is -0.115. The second-order valence-electron chi connectivity index (χ2n) is 3.24. The summed E-state index contributed by atoms with van der Waals surface area (Å²) in [5, 5.41) is 0.351. The molecule has 0 bridgehead atoms. The van der Waals surface area contributed by atoms with Crippen molar-refractivity contribution in [3.63, 3.8) is 0 Å². The predicted molar refractivity (Wildman–Crippen MR) is 60.4 cm³/mol. The van der Waals surface area contributed by atoms with Crippen LogP contribution in [0.2, 0.25) is 5.02 Å². The molecule has 1 unspecified atom stereocenters. The van der Waals surface area contributed by atoms with Gasteiger partial charge in [-0.05, 0) is 12.1 Å². The monoisotopic (exact) mass is 241 g/mol. The van der Waals surface area contributed by atoms with Crippen LogP contribution in [0.1, 0.15) is 16.8 Å². The molecule has 5 heteroatoms. The second kappa shape index (κ2) is 5.63. The molecule has 0 amide bonds. The van der Waals surface area contributed by atoms with Gasteiger partial charge in [0.15, 0.2) is 5.78 Å². The summed E-state index contributed by atoms with van der Waals surface area (Å²) < 4.78 is 4.43. The fourth-order valence-electron chi connectivity index (χ4n) is 1.23. The van der Waals surface area contributed by atoms with Crippen molar-refractivity contribution in [1.29, 1.82) is 0 Å². The molecule has 1 aromatic carbocycles. The van der Waals surface area contributed by atoms with Gasteiger partial charge in [0.1, 0.15) is 6.04 Å². The maximum absolute atomic E-state index is 11.7. The zero-order valence-electron chi connectivity index (χ0n) is 8.77. The van der Waals surface area contributed by atoms with Gasteiger partial charge in [0.2, 0.25) is 0 Å². The summed E-state index contributed by atoms with van der Waals surface area (Å²) in [7, 11) is 1.22. The molecule has 0 aliphatic rings. The Morgan fingerprint density at radius 2 is 2.06 bits per heavy atom. The number of carbonyl (C=O) groups is 2. The van der Waals surface area contributed by atoms with Crippen molar-refractivity contribution >= 4 is 23.4 Å². The van der Waals surface area contributed by atoms with E-state index in [0.717, 1.165) is 0 Å². The number of hydrogen-bond acceptors (Lipinski definition) is 4. The molecule has 0 aliphatic heterocycles. The number of esters is 1. The average molecular weight is 242 g/mol. The van der Waals surface area contributed by atoms with E-state index in [0.29, 0.717) is 10.6 Å². The molecular weight excluding hydrogens is 230 g/mol. The van der Waals surface area contributed by atoms with Gasteiger partial charge < -0.3 is 10.5 Å². The topological polar surface area (TPSA) is 69.4 Å². The third kappa shape index (κ3) is 3.05. The molecule has 0 radical (unpaired) electrons. The van der Waals surface area contributed by atoms with E-state index in [9.17, 15) is 9.59 Å². The van der Waals surface area contributed by atoms with E-state index in [1.165, 1.54) is 7.11 Å². The summed E-state index contributed by atoms with van der Waals surface area (Å²) >= 11 is 5.84. The van der Waals surface area contributed by atoms with Gasteiger partial charge in [-0.15, -0.1) is 0 Å². The number of benzene rings is 1. The summed E-state index contributed by atoms with van der Waals surface area (Å²) in [5.41, 5.74) is 5.84. The molecule has 1 rings (SSSR count). The molecule has 1 aromatic rings. The van der Waals surface area contributed by atoms with E-state index in [4.69, 9.17) is 17.3 Å². The van der Waals surface area contributed by atoms with Crippen LogP contribution in [-0.4, -0.2) is 24.9 Å².